The molecule has 0 unspecified atom stereocenters. The van der Waals surface area contributed by atoms with E-state index < -0.39 is 11.9 Å². The van der Waals surface area contributed by atoms with Crippen molar-refractivity contribution in [2.24, 2.45) is 0 Å². The normalized spacial score (nSPS) is 11.4. The second kappa shape index (κ2) is 10.1. The van der Waals surface area contributed by atoms with E-state index in [9.17, 15) is 14.7 Å². The number of phenolic OH excluding ortho intramolecular Hbond substituents is 1. The van der Waals surface area contributed by atoms with Crippen molar-refractivity contribution in [3.05, 3.63) is 59.7 Å². The van der Waals surface area contributed by atoms with Crippen molar-refractivity contribution in [2.45, 2.75) is 26.3 Å². The number of nitriles is 1. The van der Waals surface area contributed by atoms with E-state index in [1.54, 1.807) is 24.3 Å². The fraction of sp³-hybridized carbons (Fsp3) is 0.250. The molecule has 0 radical (unpaired) electrons. The number of nitrogens with one attached hydrogen (secondary N) is 2. The highest BCUT2D eigenvalue weighted by atomic mass is 127. The van der Waals surface area contributed by atoms with Crippen LogP contribution in [0.4, 0.5) is 0 Å². The molecule has 146 valence electrons. The molecule has 0 spiro atoms. The Morgan fingerprint density at radius 1 is 1.11 bits per heavy atom. The summed E-state index contributed by atoms with van der Waals surface area (Å²) in [7, 11) is 0. The summed E-state index contributed by atoms with van der Waals surface area (Å²) in [5.41, 5.74) is 3.19. The second-order valence-electron chi connectivity index (χ2n) is 6.39. The van der Waals surface area contributed by atoms with Gasteiger partial charge in [-0.05, 0) is 88.9 Å². The third-order valence-corrected chi connectivity index (χ3v) is 5.61. The molecular weight excluding hydrogens is 584 g/mol. The molecule has 0 saturated heterocycles. The van der Waals surface area contributed by atoms with Gasteiger partial charge in [0.25, 0.3) is 5.91 Å². The average molecular weight is 603 g/mol. The Balaban J connectivity index is 2.27. The zero-order valence-corrected chi connectivity index (χ0v) is 19.7. The van der Waals surface area contributed by atoms with Crippen LogP contribution in [-0.4, -0.2) is 29.5 Å². The fourth-order valence-corrected chi connectivity index (χ4v) is 4.68. The van der Waals surface area contributed by atoms with Crippen molar-refractivity contribution in [1.29, 1.82) is 5.26 Å². The maximum Gasteiger partial charge on any atom is 0.251 e. The molecule has 0 aliphatic heterocycles. The van der Waals surface area contributed by atoms with Crippen LogP contribution in [0.15, 0.2) is 30.3 Å². The summed E-state index contributed by atoms with van der Waals surface area (Å²) in [6.45, 7) is 3.67. The molecule has 8 heteroatoms. The number of carbonyl (C=O) groups is 2. The molecule has 0 bridgehead atoms. The molecule has 1 atom stereocenters. The first kappa shape index (κ1) is 22.4. The molecular formula is C20H19I2N3O3. The van der Waals surface area contributed by atoms with Gasteiger partial charge in [0.05, 0.1) is 13.2 Å². The topological polar surface area (TPSA) is 102 Å². The summed E-state index contributed by atoms with van der Waals surface area (Å²) >= 11 is 4.04. The van der Waals surface area contributed by atoms with E-state index >= 15 is 0 Å². The number of carbonyl (C=O) groups excluding carboxylic acids is 2. The van der Waals surface area contributed by atoms with Gasteiger partial charge in [-0.25, -0.2) is 0 Å². The Labute approximate surface area is 191 Å². The molecule has 0 aliphatic rings. The number of rotatable bonds is 6. The molecule has 2 aromatic rings. The summed E-state index contributed by atoms with van der Waals surface area (Å²) in [4.78, 5) is 25.2. The minimum atomic E-state index is -0.849. The average Bonchev–Trinajstić information content (AvgIpc) is 2.62. The van der Waals surface area contributed by atoms with Crippen LogP contribution in [0, 0.1) is 32.3 Å². The maximum atomic E-state index is 12.7. The minimum Gasteiger partial charge on any atom is -0.506 e. The number of halogens is 2. The summed E-state index contributed by atoms with van der Waals surface area (Å²) in [6, 6.07) is 10.0. The van der Waals surface area contributed by atoms with Gasteiger partial charge in [0.15, 0.2) is 0 Å². The third kappa shape index (κ3) is 6.07. The van der Waals surface area contributed by atoms with Gasteiger partial charge in [0, 0.05) is 12.0 Å². The molecule has 2 rings (SSSR count). The van der Waals surface area contributed by atoms with Gasteiger partial charge in [0.2, 0.25) is 5.91 Å². The standard InChI is InChI=1S/C20H19I2N3O3/c1-11-5-12(2)7-14(6-11)19(27)25-17(20(28)24-4-3-23)10-13-8-15(21)18(26)16(22)9-13/h5-9,17,26H,4,10H2,1-2H3,(H,24,28)(H,25,27)/t17-/m0/s1. The molecule has 0 aliphatic carbocycles. The fourth-order valence-electron chi connectivity index (χ4n) is 2.78. The molecule has 0 heterocycles. The van der Waals surface area contributed by atoms with Crippen molar-refractivity contribution >= 4 is 57.0 Å². The molecule has 3 N–H and O–H groups in total. The molecule has 6 nitrogen and oxygen atoms in total. The van der Waals surface area contributed by atoms with Gasteiger partial charge in [-0.2, -0.15) is 5.26 Å². The van der Waals surface area contributed by atoms with Crippen molar-refractivity contribution in [2.75, 3.05) is 6.54 Å². The minimum absolute atomic E-state index is 0.139. The van der Waals surface area contributed by atoms with E-state index in [0.29, 0.717) is 12.7 Å². The number of amides is 2. The smallest absolute Gasteiger partial charge is 0.251 e. The first-order valence-corrected chi connectivity index (χ1v) is 10.6. The summed E-state index contributed by atoms with van der Waals surface area (Å²) in [5, 5.41) is 23.9. The van der Waals surface area contributed by atoms with Crippen LogP contribution in [0.3, 0.4) is 0 Å². The number of nitrogens with zero attached hydrogens (tertiary/aromatic N) is 1. The van der Waals surface area contributed by atoms with Crippen LogP contribution in [0.2, 0.25) is 0 Å². The van der Waals surface area contributed by atoms with Crippen LogP contribution >= 0.6 is 45.2 Å². The van der Waals surface area contributed by atoms with Gasteiger partial charge >= 0.3 is 0 Å². The van der Waals surface area contributed by atoms with Crippen LogP contribution in [0.1, 0.15) is 27.0 Å². The molecule has 28 heavy (non-hydrogen) atoms. The maximum absolute atomic E-state index is 12.7. The quantitative estimate of drug-likeness (QED) is 0.349. The van der Waals surface area contributed by atoms with Crippen molar-refractivity contribution in [3.63, 3.8) is 0 Å². The number of phenols is 1. The second-order valence-corrected chi connectivity index (χ2v) is 8.71. The molecule has 2 aromatic carbocycles. The Kier molecular flexibility index (Phi) is 8.06. The van der Waals surface area contributed by atoms with Gasteiger partial charge in [-0.1, -0.05) is 17.2 Å². The van der Waals surface area contributed by atoms with Crippen LogP contribution < -0.4 is 10.6 Å². The van der Waals surface area contributed by atoms with E-state index in [-0.39, 0.29) is 24.6 Å². The Morgan fingerprint density at radius 3 is 2.21 bits per heavy atom. The van der Waals surface area contributed by atoms with Gasteiger partial charge in [-0.3, -0.25) is 9.59 Å². The summed E-state index contributed by atoms with van der Waals surface area (Å²) in [5.74, 6) is -0.598. The lowest BCUT2D eigenvalue weighted by Crippen LogP contribution is -2.48. The SMILES string of the molecule is Cc1cc(C)cc(C(=O)N[C@@H](Cc2cc(I)c(O)c(I)c2)C(=O)NCC#N)c1. The first-order chi connectivity index (χ1) is 13.2. The van der Waals surface area contributed by atoms with Crippen molar-refractivity contribution in [1.82, 2.24) is 10.6 Å². The Bertz CT molecular complexity index is 911. The third-order valence-electron chi connectivity index (χ3n) is 3.96. The highest BCUT2D eigenvalue weighted by Gasteiger charge is 2.23. The Morgan fingerprint density at radius 2 is 1.68 bits per heavy atom. The number of benzene rings is 2. The highest BCUT2D eigenvalue weighted by Crippen LogP contribution is 2.28. The monoisotopic (exact) mass is 603 g/mol. The molecule has 0 fully saturated rings. The van der Waals surface area contributed by atoms with E-state index in [4.69, 9.17) is 5.26 Å². The lowest BCUT2D eigenvalue weighted by Gasteiger charge is -2.19. The number of aryl methyl sites for hydroxylation is 2. The largest absolute Gasteiger partial charge is 0.506 e. The zero-order chi connectivity index (χ0) is 20.8. The molecule has 0 saturated carbocycles. The molecule has 0 aromatic heterocycles. The van der Waals surface area contributed by atoms with Crippen molar-refractivity contribution in [3.8, 4) is 11.8 Å². The van der Waals surface area contributed by atoms with Gasteiger partial charge in [-0.15, -0.1) is 0 Å². The van der Waals surface area contributed by atoms with E-state index in [1.807, 2.05) is 71.2 Å². The number of hydrogen-bond donors (Lipinski definition) is 3. The predicted octanol–water partition coefficient (Wildman–Crippen LogP) is 3.20. The predicted molar refractivity (Wildman–Crippen MR) is 123 cm³/mol. The van der Waals surface area contributed by atoms with Gasteiger partial charge in [0.1, 0.15) is 18.3 Å². The van der Waals surface area contributed by atoms with Crippen molar-refractivity contribution < 1.29 is 14.7 Å². The lowest BCUT2D eigenvalue weighted by molar-refractivity contribution is -0.122. The van der Waals surface area contributed by atoms with Crippen LogP contribution in [0.5, 0.6) is 5.75 Å². The highest BCUT2D eigenvalue weighted by molar-refractivity contribution is 14.1. The van der Waals surface area contributed by atoms with E-state index in [1.165, 1.54) is 0 Å². The van der Waals surface area contributed by atoms with Gasteiger partial charge < -0.3 is 15.7 Å². The summed E-state index contributed by atoms with van der Waals surface area (Å²) in [6.07, 6.45) is 0.236. The van der Waals surface area contributed by atoms with E-state index in [0.717, 1.165) is 16.7 Å². The summed E-state index contributed by atoms with van der Waals surface area (Å²) < 4.78 is 1.33. The number of hydrogen-bond acceptors (Lipinski definition) is 4. The first-order valence-electron chi connectivity index (χ1n) is 8.42. The lowest BCUT2D eigenvalue weighted by atomic mass is 10.0. The van der Waals surface area contributed by atoms with Crippen LogP contribution in [-0.2, 0) is 11.2 Å². The Hall–Kier alpha value is -1.87. The van der Waals surface area contributed by atoms with Crippen LogP contribution in [0.25, 0.3) is 0 Å². The zero-order valence-electron chi connectivity index (χ0n) is 15.3. The number of aromatic hydroxyl groups is 1. The van der Waals surface area contributed by atoms with E-state index in [2.05, 4.69) is 10.6 Å². The molecule has 2 amide bonds.